The number of benzene rings is 1. The Hall–Kier alpha value is -0.610. The standard InChI is InChI=1S/C14H21F2NS/c1-9-6-13(16)11(7-12(9)15)10(2)17-8-14(3,4)18-5/h6-7,10,17H,8H2,1-5H3. The minimum atomic E-state index is -0.357. The molecule has 1 atom stereocenters. The number of hydrogen-bond donors (Lipinski definition) is 1. The van der Waals surface area contributed by atoms with Crippen LogP contribution in [0.5, 0.6) is 0 Å². The average molecular weight is 273 g/mol. The summed E-state index contributed by atoms with van der Waals surface area (Å²) in [6, 6.07) is 2.34. The van der Waals surface area contributed by atoms with Crippen LogP contribution in [0.3, 0.4) is 0 Å². The highest BCUT2D eigenvalue weighted by atomic mass is 32.2. The summed E-state index contributed by atoms with van der Waals surface area (Å²) in [5.41, 5.74) is 0.725. The zero-order chi connectivity index (χ0) is 13.9. The Kier molecular flexibility index (Phi) is 5.17. The van der Waals surface area contributed by atoms with Crippen LogP contribution >= 0.6 is 11.8 Å². The maximum atomic E-state index is 13.8. The Morgan fingerprint density at radius 3 is 2.44 bits per heavy atom. The molecule has 1 unspecified atom stereocenters. The third-order valence-electron chi connectivity index (χ3n) is 3.13. The Labute approximate surface area is 112 Å². The topological polar surface area (TPSA) is 12.0 Å². The van der Waals surface area contributed by atoms with E-state index in [1.807, 2.05) is 13.2 Å². The second kappa shape index (κ2) is 6.02. The monoisotopic (exact) mass is 273 g/mol. The average Bonchev–Trinajstić information content (AvgIpc) is 2.31. The fourth-order valence-corrected chi connectivity index (χ4v) is 1.80. The summed E-state index contributed by atoms with van der Waals surface area (Å²) in [4.78, 5) is 0. The Bertz CT molecular complexity index is 419. The first kappa shape index (κ1) is 15.4. The van der Waals surface area contributed by atoms with Gasteiger partial charge in [-0.05, 0) is 51.6 Å². The lowest BCUT2D eigenvalue weighted by Gasteiger charge is -2.25. The van der Waals surface area contributed by atoms with Crippen molar-refractivity contribution in [1.82, 2.24) is 5.32 Å². The number of nitrogens with one attached hydrogen (secondary N) is 1. The molecule has 1 rings (SSSR count). The molecule has 4 heteroatoms. The van der Waals surface area contributed by atoms with E-state index >= 15 is 0 Å². The summed E-state index contributed by atoms with van der Waals surface area (Å²) in [5.74, 6) is -0.708. The van der Waals surface area contributed by atoms with E-state index in [1.54, 1.807) is 18.7 Å². The second-order valence-electron chi connectivity index (χ2n) is 5.19. The molecule has 0 amide bonds. The molecule has 0 radical (unpaired) electrons. The number of hydrogen-bond acceptors (Lipinski definition) is 2. The van der Waals surface area contributed by atoms with Gasteiger partial charge in [-0.15, -0.1) is 0 Å². The lowest BCUT2D eigenvalue weighted by atomic mass is 10.0. The molecule has 0 aliphatic rings. The van der Waals surface area contributed by atoms with Crippen molar-refractivity contribution >= 4 is 11.8 Å². The van der Waals surface area contributed by atoms with Gasteiger partial charge in [0.05, 0.1) is 0 Å². The summed E-state index contributed by atoms with van der Waals surface area (Å²) < 4.78 is 27.3. The predicted molar refractivity (Wildman–Crippen MR) is 75.1 cm³/mol. The van der Waals surface area contributed by atoms with Crippen molar-refractivity contribution in [1.29, 1.82) is 0 Å². The SMILES string of the molecule is CSC(C)(C)CNC(C)c1cc(F)c(C)cc1F. The zero-order valence-corrected chi connectivity index (χ0v) is 12.4. The highest BCUT2D eigenvalue weighted by Gasteiger charge is 2.19. The first-order chi connectivity index (χ1) is 8.26. The van der Waals surface area contributed by atoms with Gasteiger partial charge in [-0.2, -0.15) is 11.8 Å². The first-order valence-electron chi connectivity index (χ1n) is 6.01. The zero-order valence-electron chi connectivity index (χ0n) is 11.6. The quantitative estimate of drug-likeness (QED) is 0.868. The maximum Gasteiger partial charge on any atom is 0.128 e. The number of thioether (sulfide) groups is 1. The van der Waals surface area contributed by atoms with Crippen molar-refractivity contribution in [2.45, 2.75) is 38.5 Å². The molecule has 102 valence electrons. The molecule has 18 heavy (non-hydrogen) atoms. The van der Waals surface area contributed by atoms with Gasteiger partial charge in [-0.25, -0.2) is 8.78 Å². The van der Waals surface area contributed by atoms with Crippen LogP contribution in [0.15, 0.2) is 12.1 Å². The fourth-order valence-electron chi connectivity index (χ4n) is 1.57. The van der Waals surface area contributed by atoms with Gasteiger partial charge in [0.1, 0.15) is 11.6 Å². The third-order valence-corrected chi connectivity index (χ3v) is 4.38. The molecule has 0 aliphatic heterocycles. The normalized spacial score (nSPS) is 13.7. The largest absolute Gasteiger partial charge is 0.309 e. The van der Waals surface area contributed by atoms with Crippen LogP contribution in [0.25, 0.3) is 0 Å². The molecule has 0 heterocycles. The summed E-state index contributed by atoms with van der Waals surface area (Å²) in [6.07, 6.45) is 2.04. The van der Waals surface area contributed by atoms with Gasteiger partial charge in [0, 0.05) is 22.9 Å². The molecule has 0 aliphatic carbocycles. The Morgan fingerprint density at radius 2 is 1.89 bits per heavy atom. The molecule has 0 spiro atoms. The summed E-state index contributed by atoms with van der Waals surface area (Å²) >= 11 is 1.74. The first-order valence-corrected chi connectivity index (χ1v) is 7.23. The second-order valence-corrected chi connectivity index (χ2v) is 6.70. The number of halogens is 2. The highest BCUT2D eigenvalue weighted by Crippen LogP contribution is 2.24. The van der Waals surface area contributed by atoms with Crippen molar-refractivity contribution in [3.8, 4) is 0 Å². The van der Waals surface area contributed by atoms with Crippen LogP contribution in [-0.4, -0.2) is 17.5 Å². The van der Waals surface area contributed by atoms with Crippen molar-refractivity contribution in [3.05, 3.63) is 34.9 Å². The van der Waals surface area contributed by atoms with Crippen LogP contribution in [0.4, 0.5) is 8.78 Å². The van der Waals surface area contributed by atoms with E-state index in [4.69, 9.17) is 0 Å². The van der Waals surface area contributed by atoms with Crippen molar-refractivity contribution < 1.29 is 8.78 Å². The van der Waals surface area contributed by atoms with E-state index in [0.29, 0.717) is 11.1 Å². The number of aryl methyl sites for hydroxylation is 1. The van der Waals surface area contributed by atoms with Crippen LogP contribution < -0.4 is 5.32 Å². The molecule has 0 fully saturated rings. The van der Waals surface area contributed by atoms with E-state index in [9.17, 15) is 8.78 Å². The minimum Gasteiger partial charge on any atom is -0.309 e. The predicted octanol–water partition coefficient (Wildman–Crippen LogP) is 4.07. The summed E-state index contributed by atoms with van der Waals surface area (Å²) in [5, 5.41) is 3.25. The molecule has 1 aromatic rings. The van der Waals surface area contributed by atoms with E-state index < -0.39 is 0 Å². The third kappa shape index (κ3) is 3.95. The van der Waals surface area contributed by atoms with Crippen molar-refractivity contribution in [3.63, 3.8) is 0 Å². The fraction of sp³-hybridized carbons (Fsp3) is 0.571. The van der Waals surface area contributed by atoms with E-state index in [-0.39, 0.29) is 22.4 Å². The molecular weight excluding hydrogens is 252 g/mol. The van der Waals surface area contributed by atoms with Gasteiger partial charge in [-0.1, -0.05) is 0 Å². The Morgan fingerprint density at radius 1 is 1.28 bits per heavy atom. The van der Waals surface area contributed by atoms with Gasteiger partial charge in [0.25, 0.3) is 0 Å². The van der Waals surface area contributed by atoms with E-state index in [0.717, 1.165) is 6.54 Å². The highest BCUT2D eigenvalue weighted by molar-refractivity contribution is 7.99. The molecule has 0 saturated carbocycles. The van der Waals surface area contributed by atoms with Crippen LogP contribution in [0.2, 0.25) is 0 Å². The molecule has 1 N–H and O–H groups in total. The smallest absolute Gasteiger partial charge is 0.128 e. The van der Waals surface area contributed by atoms with Crippen LogP contribution in [0.1, 0.15) is 37.9 Å². The molecule has 0 saturated heterocycles. The van der Waals surface area contributed by atoms with Crippen molar-refractivity contribution in [2.24, 2.45) is 0 Å². The molecular formula is C14H21F2NS. The number of rotatable bonds is 5. The molecule has 0 bridgehead atoms. The summed E-state index contributed by atoms with van der Waals surface area (Å²) in [7, 11) is 0. The lowest BCUT2D eigenvalue weighted by molar-refractivity contribution is 0.492. The van der Waals surface area contributed by atoms with E-state index in [1.165, 1.54) is 12.1 Å². The Balaban J connectivity index is 2.79. The lowest BCUT2D eigenvalue weighted by Crippen LogP contribution is -2.34. The maximum absolute atomic E-state index is 13.8. The van der Waals surface area contributed by atoms with Crippen molar-refractivity contribution in [2.75, 3.05) is 12.8 Å². The molecule has 1 aromatic carbocycles. The van der Waals surface area contributed by atoms with Gasteiger partial charge in [0.15, 0.2) is 0 Å². The molecule has 1 nitrogen and oxygen atoms in total. The minimum absolute atomic E-state index is 0.0774. The summed E-state index contributed by atoms with van der Waals surface area (Å²) in [6.45, 7) is 8.39. The van der Waals surface area contributed by atoms with Gasteiger partial charge < -0.3 is 5.32 Å². The van der Waals surface area contributed by atoms with E-state index in [2.05, 4.69) is 19.2 Å². The molecule has 0 aromatic heterocycles. The van der Waals surface area contributed by atoms with Gasteiger partial charge >= 0.3 is 0 Å². The van der Waals surface area contributed by atoms with Crippen LogP contribution in [-0.2, 0) is 0 Å². The van der Waals surface area contributed by atoms with Gasteiger partial charge in [0.2, 0.25) is 0 Å². The van der Waals surface area contributed by atoms with Gasteiger partial charge in [-0.3, -0.25) is 0 Å². The van der Waals surface area contributed by atoms with Crippen LogP contribution in [0, 0.1) is 18.6 Å².